The second-order valence-electron chi connectivity index (χ2n) is 11.4. The Kier molecular flexibility index (Phi) is 8.63. The van der Waals surface area contributed by atoms with Crippen molar-refractivity contribution in [2.24, 2.45) is 5.92 Å². The van der Waals surface area contributed by atoms with Crippen LogP contribution < -0.4 is 16.0 Å². The highest BCUT2D eigenvalue weighted by atomic mass is 35.5. The van der Waals surface area contributed by atoms with Crippen molar-refractivity contribution >= 4 is 23.4 Å². The first-order valence-electron chi connectivity index (χ1n) is 13.1. The second kappa shape index (κ2) is 11.2. The number of amides is 2. The smallest absolute Gasteiger partial charge is 0.246 e. The number of alkyl halides is 2. The number of rotatable bonds is 8. The lowest BCUT2D eigenvalue weighted by molar-refractivity contribution is -0.142. The Labute approximate surface area is 212 Å². The van der Waals surface area contributed by atoms with Gasteiger partial charge in [0.05, 0.1) is 29.2 Å². The highest BCUT2D eigenvalue weighted by Crippen LogP contribution is 2.47. The van der Waals surface area contributed by atoms with E-state index in [4.69, 9.17) is 21.1 Å². The maximum absolute atomic E-state index is 13.8. The summed E-state index contributed by atoms with van der Waals surface area (Å²) in [6.45, 7) is 4.92. The molecule has 4 aliphatic carbocycles. The van der Waals surface area contributed by atoms with E-state index in [1.807, 2.05) is 0 Å². The van der Waals surface area contributed by atoms with E-state index in [9.17, 15) is 19.1 Å². The number of halogens is 2. The Bertz CT molecular complexity index is 765. The molecule has 5 aliphatic rings. The lowest BCUT2D eigenvalue weighted by atomic mass is 9.60. The van der Waals surface area contributed by atoms with Gasteiger partial charge in [0.15, 0.2) is 0 Å². The number of hydrogen-bond donors (Lipinski definition) is 4. The molecule has 0 aromatic heterocycles. The Morgan fingerprint density at radius 1 is 1.03 bits per heavy atom. The maximum atomic E-state index is 13.8. The van der Waals surface area contributed by atoms with E-state index >= 15 is 0 Å². The summed E-state index contributed by atoms with van der Waals surface area (Å²) in [5, 5.41) is 20.0. The van der Waals surface area contributed by atoms with Gasteiger partial charge in [0.2, 0.25) is 11.8 Å². The predicted octanol–water partition coefficient (Wildman–Crippen LogP) is 1.95. The highest BCUT2D eigenvalue weighted by molar-refractivity contribution is 6.21. The molecular weight excluding hydrogens is 477 g/mol. The third-order valence-electron chi connectivity index (χ3n) is 8.82. The fourth-order valence-electron chi connectivity index (χ4n) is 6.24. The van der Waals surface area contributed by atoms with Gasteiger partial charge in [-0.25, -0.2) is 4.39 Å². The van der Waals surface area contributed by atoms with Crippen LogP contribution in [0, 0.1) is 5.92 Å². The Balaban J connectivity index is 1.20. The summed E-state index contributed by atoms with van der Waals surface area (Å²) in [6.07, 6.45) is 3.07. The summed E-state index contributed by atoms with van der Waals surface area (Å²) < 4.78 is 25.3. The van der Waals surface area contributed by atoms with Crippen LogP contribution in [0.4, 0.5) is 4.39 Å². The summed E-state index contributed by atoms with van der Waals surface area (Å²) in [6, 6.07) is 0.447. The lowest BCUT2D eigenvalue weighted by Crippen LogP contribution is -2.70. The van der Waals surface area contributed by atoms with E-state index in [1.54, 1.807) is 0 Å². The second-order valence-corrected chi connectivity index (χ2v) is 11.9. The van der Waals surface area contributed by atoms with Crippen molar-refractivity contribution in [3.63, 3.8) is 0 Å². The molecule has 5 fully saturated rings. The van der Waals surface area contributed by atoms with Gasteiger partial charge in [0, 0.05) is 24.5 Å². The number of nitrogens with one attached hydrogen (secondary N) is 3. The zero-order chi connectivity index (χ0) is 25.2. The normalized spacial score (nSPS) is 43.5. The van der Waals surface area contributed by atoms with E-state index in [-0.39, 0.29) is 43.7 Å². The lowest BCUT2D eigenvalue weighted by Gasteiger charge is -2.56. The van der Waals surface area contributed by atoms with Crippen molar-refractivity contribution in [3.05, 3.63) is 0 Å². The van der Waals surface area contributed by atoms with Gasteiger partial charge in [-0.3, -0.25) is 9.59 Å². The summed E-state index contributed by atoms with van der Waals surface area (Å²) in [5.41, 5.74) is -1.17. The van der Waals surface area contributed by atoms with Gasteiger partial charge in [-0.15, -0.1) is 11.6 Å². The van der Waals surface area contributed by atoms with Crippen LogP contribution in [-0.4, -0.2) is 83.7 Å². The molecule has 0 aromatic rings. The van der Waals surface area contributed by atoms with E-state index < -0.39 is 28.7 Å². The van der Waals surface area contributed by atoms with Crippen LogP contribution in [-0.2, 0) is 19.1 Å². The first-order valence-corrected chi connectivity index (χ1v) is 13.6. The number of fused-ring (bicyclic) bond motifs is 3. The monoisotopic (exact) mass is 517 g/mol. The van der Waals surface area contributed by atoms with E-state index in [0.717, 1.165) is 13.0 Å². The number of carbonyl (C=O) groups is 2. The van der Waals surface area contributed by atoms with Crippen molar-refractivity contribution in [3.8, 4) is 0 Å². The van der Waals surface area contributed by atoms with Crippen LogP contribution >= 0.6 is 11.6 Å². The van der Waals surface area contributed by atoms with E-state index in [1.165, 1.54) is 0 Å². The molecule has 4 saturated carbocycles. The highest BCUT2D eigenvalue weighted by Gasteiger charge is 2.55. The zero-order valence-electron chi connectivity index (χ0n) is 20.9. The quantitative estimate of drug-likeness (QED) is 0.366. The van der Waals surface area contributed by atoms with Crippen LogP contribution in [0.2, 0.25) is 0 Å². The van der Waals surface area contributed by atoms with Gasteiger partial charge in [-0.1, -0.05) is 6.92 Å². The molecule has 8 nitrogen and oxygen atoms in total. The topological polar surface area (TPSA) is 109 Å². The molecule has 5 rings (SSSR count). The number of aliphatic hydroxyl groups is 1. The van der Waals surface area contributed by atoms with Crippen LogP contribution in [0.15, 0.2) is 0 Å². The standard InChI is InChI=1S/C25H41ClFN3O5/c1-15-9-18(12-28-16(15)2)35-14-23(33)30-25-7-5-24(6-8-25,11-21(25)31)29-22(32)13-34-17-3-4-19(26)20(27)10-17/h15-21,28,31H,3-14H2,1-2H3,(H,29,32)(H,30,33)/t15?,16?,17?,18?,19?,20?,21-,24?,25?/m0/s1. The van der Waals surface area contributed by atoms with Gasteiger partial charge >= 0.3 is 0 Å². The molecule has 1 heterocycles. The van der Waals surface area contributed by atoms with Gasteiger partial charge < -0.3 is 30.5 Å². The first-order chi connectivity index (χ1) is 16.6. The van der Waals surface area contributed by atoms with Crippen LogP contribution in [0.5, 0.6) is 0 Å². The number of piperidine rings is 1. The minimum atomic E-state index is -1.11. The van der Waals surface area contributed by atoms with Crippen molar-refractivity contribution in [2.45, 2.75) is 119 Å². The first kappa shape index (κ1) is 27.0. The zero-order valence-corrected chi connectivity index (χ0v) is 21.6. The molecule has 6 unspecified atom stereocenters. The molecule has 1 aliphatic heterocycles. The Morgan fingerprint density at radius 3 is 2.31 bits per heavy atom. The third-order valence-corrected chi connectivity index (χ3v) is 9.31. The molecule has 35 heavy (non-hydrogen) atoms. The van der Waals surface area contributed by atoms with Crippen molar-refractivity contribution < 1.29 is 28.6 Å². The predicted molar refractivity (Wildman–Crippen MR) is 130 cm³/mol. The van der Waals surface area contributed by atoms with Crippen LogP contribution in [0.1, 0.15) is 71.6 Å². The van der Waals surface area contributed by atoms with Gasteiger partial charge in [0.25, 0.3) is 0 Å². The van der Waals surface area contributed by atoms with Crippen molar-refractivity contribution in [2.75, 3.05) is 19.8 Å². The maximum Gasteiger partial charge on any atom is 0.246 e. The number of aliphatic hydroxyl groups excluding tert-OH is 1. The van der Waals surface area contributed by atoms with Crippen molar-refractivity contribution in [1.29, 1.82) is 0 Å². The number of hydrogen-bond acceptors (Lipinski definition) is 6. The summed E-state index contributed by atoms with van der Waals surface area (Å²) >= 11 is 5.92. The molecule has 7 atom stereocenters. The largest absolute Gasteiger partial charge is 0.391 e. The number of carbonyl (C=O) groups excluding carboxylic acids is 2. The van der Waals surface area contributed by atoms with Crippen LogP contribution in [0.3, 0.4) is 0 Å². The molecule has 2 amide bonds. The summed E-state index contributed by atoms with van der Waals surface area (Å²) in [7, 11) is 0. The Morgan fingerprint density at radius 2 is 1.69 bits per heavy atom. The minimum absolute atomic E-state index is 0.0120. The Hall–Kier alpha value is -1.00. The summed E-state index contributed by atoms with van der Waals surface area (Å²) in [5.74, 6) is 0.0287. The average molecular weight is 518 g/mol. The van der Waals surface area contributed by atoms with Crippen molar-refractivity contribution in [1.82, 2.24) is 16.0 Å². The molecule has 0 radical (unpaired) electrons. The van der Waals surface area contributed by atoms with Gasteiger partial charge in [0.1, 0.15) is 19.4 Å². The molecular formula is C25H41ClFN3O5. The molecule has 2 bridgehead atoms. The molecule has 4 N–H and O–H groups in total. The minimum Gasteiger partial charge on any atom is -0.391 e. The fourth-order valence-corrected chi connectivity index (χ4v) is 6.46. The fraction of sp³-hybridized carbons (Fsp3) is 0.920. The van der Waals surface area contributed by atoms with Crippen LogP contribution in [0.25, 0.3) is 0 Å². The molecule has 0 spiro atoms. The number of ether oxygens (including phenoxy) is 2. The molecule has 200 valence electrons. The SMILES string of the molecule is CC1CC(OCC(=O)NC23CCC(NC(=O)COC4CCC(Cl)C(F)C4)(CC2)C[C@@H]3O)CNC1C. The molecule has 0 aromatic carbocycles. The molecule has 10 heteroatoms. The summed E-state index contributed by atoms with van der Waals surface area (Å²) in [4.78, 5) is 25.3. The van der Waals surface area contributed by atoms with Gasteiger partial charge in [-0.05, 0) is 64.2 Å². The van der Waals surface area contributed by atoms with Gasteiger partial charge in [-0.2, -0.15) is 0 Å². The van der Waals surface area contributed by atoms with E-state index in [2.05, 4.69) is 29.8 Å². The van der Waals surface area contributed by atoms with E-state index in [0.29, 0.717) is 56.9 Å². The molecule has 1 saturated heterocycles. The average Bonchev–Trinajstić information content (AvgIpc) is 2.82. The third kappa shape index (κ3) is 6.47.